The van der Waals surface area contributed by atoms with Crippen molar-refractivity contribution >= 4 is 24.7 Å². The zero-order chi connectivity index (χ0) is 20.9. The second-order valence-electron chi connectivity index (χ2n) is 8.48. The van der Waals surface area contributed by atoms with Gasteiger partial charge in [0.15, 0.2) is 0 Å². The van der Waals surface area contributed by atoms with Crippen LogP contribution in [0.5, 0.6) is 0 Å². The quantitative estimate of drug-likeness (QED) is 0.413. The van der Waals surface area contributed by atoms with E-state index < -0.39 is 26.5 Å². The number of carbonyl (C=O) groups is 1. The van der Waals surface area contributed by atoms with Crippen molar-refractivity contribution in [3.05, 3.63) is 72.8 Å². The largest absolute Gasteiger partial charge is 0.452 e. The van der Waals surface area contributed by atoms with E-state index >= 15 is 0 Å². The molecule has 3 rings (SSSR count). The molecule has 0 aliphatic carbocycles. The van der Waals surface area contributed by atoms with Gasteiger partial charge in [0.2, 0.25) is 0 Å². The predicted molar refractivity (Wildman–Crippen MR) is 118 cm³/mol. The molecule has 1 heterocycles. The van der Waals surface area contributed by atoms with Crippen LogP contribution in [0.15, 0.2) is 72.8 Å². The number of esters is 1. The fourth-order valence-corrected chi connectivity index (χ4v) is 8.64. The lowest BCUT2D eigenvalue weighted by molar-refractivity contribution is -0.142. The number of aliphatic hydroxyl groups excluding tert-OH is 1. The number of hydrogen-bond acceptors (Lipinski definition) is 4. The molecule has 4 nitrogen and oxygen atoms in total. The average Bonchev–Trinajstić information content (AvgIpc) is 3.15. The van der Waals surface area contributed by atoms with Gasteiger partial charge in [-0.2, -0.15) is 0 Å². The molecule has 2 aromatic rings. The van der Waals surface area contributed by atoms with Crippen molar-refractivity contribution in [1.82, 2.24) is 0 Å². The molecule has 0 aromatic heterocycles. The van der Waals surface area contributed by atoms with E-state index in [0.29, 0.717) is 19.4 Å². The van der Waals surface area contributed by atoms with Crippen LogP contribution in [-0.4, -0.2) is 38.2 Å². The average molecular weight is 411 g/mol. The van der Waals surface area contributed by atoms with Gasteiger partial charge in [0.25, 0.3) is 8.32 Å². The minimum Gasteiger partial charge on any atom is -0.452 e. The van der Waals surface area contributed by atoms with Crippen LogP contribution >= 0.6 is 0 Å². The van der Waals surface area contributed by atoms with Crippen LogP contribution in [0, 0.1) is 0 Å². The highest BCUT2D eigenvalue weighted by Gasteiger charge is 2.49. The molecule has 0 unspecified atom stereocenters. The summed E-state index contributed by atoms with van der Waals surface area (Å²) >= 11 is 0. The Kier molecular flexibility index (Phi) is 6.73. The van der Waals surface area contributed by atoms with Gasteiger partial charge in [-0.05, 0) is 34.3 Å². The summed E-state index contributed by atoms with van der Waals surface area (Å²) in [6.45, 7) is 7.28. The lowest BCUT2D eigenvalue weighted by Gasteiger charge is -2.43. The molecular formula is C24H30O4Si. The first-order valence-corrected chi connectivity index (χ1v) is 12.1. The fraction of sp³-hybridized carbons (Fsp3) is 0.375. The van der Waals surface area contributed by atoms with E-state index in [1.54, 1.807) is 6.08 Å². The van der Waals surface area contributed by atoms with Crippen LogP contribution < -0.4 is 10.4 Å². The number of carbonyl (C=O) groups excluding carboxylic acids is 1. The predicted octanol–water partition coefficient (Wildman–Crippen LogP) is 3.19. The van der Waals surface area contributed by atoms with Crippen LogP contribution in [0.2, 0.25) is 5.04 Å². The Morgan fingerprint density at radius 2 is 1.59 bits per heavy atom. The maximum atomic E-state index is 11.2. The molecule has 1 aliphatic heterocycles. The first kappa shape index (κ1) is 21.5. The van der Waals surface area contributed by atoms with E-state index in [1.807, 2.05) is 12.1 Å². The second kappa shape index (κ2) is 9.07. The summed E-state index contributed by atoms with van der Waals surface area (Å²) in [5.74, 6) is -0.391. The molecular weight excluding hydrogens is 380 g/mol. The van der Waals surface area contributed by atoms with Crippen molar-refractivity contribution in [3.8, 4) is 0 Å². The Labute approximate surface area is 174 Å². The summed E-state index contributed by atoms with van der Waals surface area (Å²) in [7, 11) is -2.54. The van der Waals surface area contributed by atoms with Gasteiger partial charge in [-0.25, -0.2) is 4.79 Å². The van der Waals surface area contributed by atoms with E-state index in [4.69, 9.17) is 9.16 Å². The van der Waals surface area contributed by atoms with Crippen molar-refractivity contribution in [3.63, 3.8) is 0 Å². The third-order valence-corrected chi connectivity index (χ3v) is 10.5. The normalized spacial score (nSPS) is 17.9. The molecule has 0 bridgehead atoms. The number of cyclic esters (lactones) is 1. The molecule has 0 fully saturated rings. The Balaban J connectivity index is 1.79. The molecule has 1 N–H and O–H groups in total. The monoisotopic (exact) mass is 410 g/mol. The van der Waals surface area contributed by atoms with E-state index in [2.05, 4.69) is 69.3 Å². The first-order chi connectivity index (χ1) is 13.8. The van der Waals surface area contributed by atoms with Crippen LogP contribution in [0.25, 0.3) is 0 Å². The number of rotatable bonds is 8. The van der Waals surface area contributed by atoms with Crippen molar-refractivity contribution < 1.29 is 19.1 Å². The Bertz CT molecular complexity index is 787. The molecule has 1 aliphatic rings. The van der Waals surface area contributed by atoms with Gasteiger partial charge in [0, 0.05) is 12.7 Å². The number of aliphatic hydroxyl groups is 1. The Hall–Kier alpha value is -2.21. The minimum absolute atomic E-state index is 0.0714. The minimum atomic E-state index is -2.54. The van der Waals surface area contributed by atoms with Crippen molar-refractivity contribution in [2.45, 2.75) is 50.9 Å². The Morgan fingerprint density at radius 3 is 2.03 bits per heavy atom. The Morgan fingerprint density at radius 1 is 1.03 bits per heavy atom. The third-order valence-electron chi connectivity index (χ3n) is 5.43. The number of ether oxygens (including phenoxy) is 1. The van der Waals surface area contributed by atoms with Crippen LogP contribution in [-0.2, 0) is 14.0 Å². The third kappa shape index (κ3) is 4.69. The lowest BCUT2D eigenvalue weighted by Crippen LogP contribution is -2.66. The molecule has 2 aromatic carbocycles. The summed E-state index contributed by atoms with van der Waals surface area (Å²) in [6, 6.07) is 21.0. The molecule has 0 amide bonds. The molecule has 2 atom stereocenters. The molecule has 5 heteroatoms. The van der Waals surface area contributed by atoms with Crippen LogP contribution in [0.3, 0.4) is 0 Å². The smallest absolute Gasteiger partial charge is 0.331 e. The van der Waals surface area contributed by atoms with Gasteiger partial charge in [0.05, 0.1) is 6.10 Å². The van der Waals surface area contributed by atoms with Gasteiger partial charge < -0.3 is 14.3 Å². The second-order valence-corrected chi connectivity index (χ2v) is 12.8. The van der Waals surface area contributed by atoms with E-state index in [1.165, 1.54) is 16.4 Å². The van der Waals surface area contributed by atoms with E-state index in [9.17, 15) is 9.90 Å². The molecule has 0 saturated carbocycles. The summed E-state index contributed by atoms with van der Waals surface area (Å²) in [4.78, 5) is 11.2. The van der Waals surface area contributed by atoms with E-state index in [-0.39, 0.29) is 5.04 Å². The molecule has 0 saturated heterocycles. The number of benzene rings is 2. The van der Waals surface area contributed by atoms with Gasteiger partial charge in [0.1, 0.15) is 6.10 Å². The maximum Gasteiger partial charge on any atom is 0.331 e. The molecule has 29 heavy (non-hydrogen) atoms. The maximum absolute atomic E-state index is 11.2. The highest BCUT2D eigenvalue weighted by Crippen LogP contribution is 2.36. The summed E-state index contributed by atoms with van der Waals surface area (Å²) < 4.78 is 11.9. The highest BCUT2D eigenvalue weighted by atomic mass is 28.4. The SMILES string of the molecule is CC(C)(C)[Si](OCCC[C@@H](O)[C@H]1C=CC(=O)O1)(c1ccccc1)c1ccccc1. The highest BCUT2D eigenvalue weighted by molar-refractivity contribution is 6.99. The lowest BCUT2D eigenvalue weighted by atomic mass is 10.1. The van der Waals surface area contributed by atoms with Crippen LogP contribution in [0.4, 0.5) is 0 Å². The number of hydrogen-bond donors (Lipinski definition) is 1. The van der Waals surface area contributed by atoms with E-state index in [0.717, 1.165) is 0 Å². The van der Waals surface area contributed by atoms with Crippen LogP contribution in [0.1, 0.15) is 33.6 Å². The molecule has 0 spiro atoms. The van der Waals surface area contributed by atoms with Crippen molar-refractivity contribution in [2.75, 3.05) is 6.61 Å². The van der Waals surface area contributed by atoms with Gasteiger partial charge in [-0.15, -0.1) is 0 Å². The van der Waals surface area contributed by atoms with Gasteiger partial charge in [-0.1, -0.05) is 81.4 Å². The first-order valence-electron chi connectivity index (χ1n) is 10.2. The van der Waals surface area contributed by atoms with Gasteiger partial charge in [-0.3, -0.25) is 0 Å². The summed E-state index contributed by atoms with van der Waals surface area (Å²) in [5.41, 5.74) is 0. The topological polar surface area (TPSA) is 55.8 Å². The van der Waals surface area contributed by atoms with Gasteiger partial charge >= 0.3 is 5.97 Å². The zero-order valence-electron chi connectivity index (χ0n) is 17.4. The molecule has 0 radical (unpaired) electrons. The summed E-state index contributed by atoms with van der Waals surface area (Å²) in [5, 5.41) is 12.7. The van der Waals surface area contributed by atoms with Crippen molar-refractivity contribution in [2.24, 2.45) is 0 Å². The van der Waals surface area contributed by atoms with Crippen molar-refractivity contribution in [1.29, 1.82) is 0 Å². The zero-order valence-corrected chi connectivity index (χ0v) is 18.4. The fourth-order valence-electron chi connectivity index (χ4n) is 4.04. The summed E-state index contributed by atoms with van der Waals surface area (Å²) in [6.07, 6.45) is 2.94. The standard InChI is InChI=1S/C24H30O4Si/c1-24(2,3)29(19-11-6-4-7-12-19,20-13-8-5-9-14-20)27-18-10-15-21(25)22-16-17-23(26)28-22/h4-9,11-14,16-17,21-22,25H,10,15,18H2,1-3H3/t21-,22-/m1/s1. The molecule has 154 valence electrons.